The van der Waals surface area contributed by atoms with E-state index >= 15 is 0 Å². The van der Waals surface area contributed by atoms with Gasteiger partial charge in [-0.15, -0.1) is 0 Å². The molecular weight excluding hydrogens is 252 g/mol. The number of halogens is 1. The van der Waals surface area contributed by atoms with Crippen LogP contribution in [0.2, 0.25) is 5.28 Å². The number of nitrogens with zero attached hydrogens (tertiary/aromatic N) is 2. The van der Waals surface area contributed by atoms with E-state index in [0.29, 0.717) is 18.8 Å². The summed E-state index contributed by atoms with van der Waals surface area (Å²) in [6.45, 7) is 6.43. The smallest absolute Gasteiger partial charge is 0.224 e. The predicted molar refractivity (Wildman–Crippen MR) is 72.8 cm³/mol. The van der Waals surface area contributed by atoms with Gasteiger partial charge in [0.15, 0.2) is 0 Å². The predicted octanol–water partition coefficient (Wildman–Crippen LogP) is 2.16. The van der Waals surface area contributed by atoms with Crippen LogP contribution in [0.5, 0.6) is 0 Å². The second-order valence-corrected chi connectivity index (χ2v) is 4.56. The minimum absolute atomic E-state index is 0.0367. The van der Waals surface area contributed by atoms with Gasteiger partial charge in [-0.1, -0.05) is 6.92 Å². The molecule has 0 bridgehead atoms. The van der Waals surface area contributed by atoms with Gasteiger partial charge in [0.2, 0.25) is 11.2 Å². The fourth-order valence-corrected chi connectivity index (χ4v) is 1.48. The fourth-order valence-electron chi connectivity index (χ4n) is 1.34. The van der Waals surface area contributed by atoms with Crippen molar-refractivity contribution in [3.63, 3.8) is 0 Å². The van der Waals surface area contributed by atoms with Gasteiger partial charge in [0.25, 0.3) is 0 Å². The van der Waals surface area contributed by atoms with Crippen molar-refractivity contribution in [2.24, 2.45) is 0 Å². The molecule has 1 heterocycles. The number of amides is 1. The van der Waals surface area contributed by atoms with Crippen LogP contribution in [0.1, 0.15) is 32.3 Å². The molecule has 0 radical (unpaired) electrons. The maximum atomic E-state index is 11.5. The highest BCUT2D eigenvalue weighted by Gasteiger charge is 2.06. The van der Waals surface area contributed by atoms with Crippen LogP contribution in [-0.2, 0) is 4.79 Å². The van der Waals surface area contributed by atoms with Gasteiger partial charge >= 0.3 is 0 Å². The Bertz CT molecular complexity index is 411. The van der Waals surface area contributed by atoms with E-state index in [0.717, 1.165) is 12.0 Å². The molecule has 6 heteroatoms. The van der Waals surface area contributed by atoms with Crippen molar-refractivity contribution in [2.75, 3.05) is 11.9 Å². The number of hydrogen-bond donors (Lipinski definition) is 2. The van der Waals surface area contributed by atoms with E-state index in [-0.39, 0.29) is 17.2 Å². The molecule has 0 spiro atoms. The molecular formula is C12H19ClN4O. The average Bonchev–Trinajstić information content (AvgIpc) is 2.33. The summed E-state index contributed by atoms with van der Waals surface area (Å²) in [4.78, 5) is 19.5. The lowest BCUT2D eigenvalue weighted by Gasteiger charge is -2.12. The molecule has 0 saturated carbocycles. The Labute approximate surface area is 112 Å². The van der Waals surface area contributed by atoms with Crippen molar-refractivity contribution in [3.05, 3.63) is 17.0 Å². The Hall–Kier alpha value is -1.36. The van der Waals surface area contributed by atoms with Crippen LogP contribution in [0.15, 0.2) is 6.20 Å². The number of carbonyl (C=O) groups is 1. The van der Waals surface area contributed by atoms with Gasteiger partial charge in [-0.25, -0.2) is 9.97 Å². The monoisotopic (exact) mass is 270 g/mol. The molecule has 100 valence electrons. The second-order valence-electron chi connectivity index (χ2n) is 4.22. The van der Waals surface area contributed by atoms with Crippen molar-refractivity contribution < 1.29 is 4.79 Å². The molecule has 1 amide bonds. The molecule has 1 atom stereocenters. The highest BCUT2D eigenvalue weighted by Crippen LogP contribution is 2.12. The number of aromatic nitrogens is 2. The molecule has 1 rings (SSSR count). The summed E-state index contributed by atoms with van der Waals surface area (Å²) in [6.07, 6.45) is 2.99. The van der Waals surface area contributed by atoms with E-state index < -0.39 is 0 Å². The number of rotatable bonds is 6. The van der Waals surface area contributed by atoms with E-state index in [4.69, 9.17) is 11.6 Å². The third kappa shape index (κ3) is 4.87. The maximum Gasteiger partial charge on any atom is 0.224 e. The van der Waals surface area contributed by atoms with Crippen LogP contribution in [0.25, 0.3) is 0 Å². The van der Waals surface area contributed by atoms with Gasteiger partial charge in [-0.05, 0) is 31.9 Å². The summed E-state index contributed by atoms with van der Waals surface area (Å²) in [5.41, 5.74) is 0.904. The van der Waals surface area contributed by atoms with Gasteiger partial charge in [0.1, 0.15) is 5.82 Å². The Morgan fingerprint density at radius 3 is 2.94 bits per heavy atom. The fraction of sp³-hybridized carbons (Fsp3) is 0.583. The van der Waals surface area contributed by atoms with Crippen LogP contribution in [-0.4, -0.2) is 28.5 Å². The van der Waals surface area contributed by atoms with E-state index in [1.54, 1.807) is 6.20 Å². The van der Waals surface area contributed by atoms with Crippen molar-refractivity contribution >= 4 is 23.3 Å². The minimum Gasteiger partial charge on any atom is -0.369 e. The quantitative estimate of drug-likeness (QED) is 0.778. The molecule has 0 aliphatic heterocycles. The normalized spacial score (nSPS) is 12.0. The van der Waals surface area contributed by atoms with Crippen molar-refractivity contribution in [2.45, 2.75) is 39.7 Å². The summed E-state index contributed by atoms with van der Waals surface area (Å²) in [5, 5.41) is 6.18. The SMILES string of the molecule is CCC(C)NC(=O)CCNc1nc(Cl)ncc1C. The highest BCUT2D eigenvalue weighted by atomic mass is 35.5. The summed E-state index contributed by atoms with van der Waals surface area (Å²) >= 11 is 5.70. The number of carbonyl (C=O) groups excluding carboxylic acids is 1. The molecule has 0 fully saturated rings. The zero-order valence-electron chi connectivity index (χ0n) is 11.0. The summed E-state index contributed by atoms with van der Waals surface area (Å²) in [7, 11) is 0. The van der Waals surface area contributed by atoms with E-state index in [9.17, 15) is 4.79 Å². The van der Waals surface area contributed by atoms with Crippen LogP contribution >= 0.6 is 11.6 Å². The summed E-state index contributed by atoms with van der Waals surface area (Å²) in [5.74, 6) is 0.709. The largest absolute Gasteiger partial charge is 0.369 e. The van der Waals surface area contributed by atoms with Gasteiger partial charge < -0.3 is 10.6 Å². The summed E-state index contributed by atoms with van der Waals surface area (Å²) in [6, 6.07) is 0.215. The first-order valence-electron chi connectivity index (χ1n) is 6.05. The maximum absolute atomic E-state index is 11.5. The molecule has 0 saturated heterocycles. The van der Waals surface area contributed by atoms with Crippen molar-refractivity contribution in [1.82, 2.24) is 15.3 Å². The third-order valence-electron chi connectivity index (χ3n) is 2.61. The molecule has 1 aromatic rings. The first-order chi connectivity index (χ1) is 8.52. The first-order valence-corrected chi connectivity index (χ1v) is 6.43. The average molecular weight is 271 g/mol. The first kappa shape index (κ1) is 14.7. The van der Waals surface area contributed by atoms with Crippen LogP contribution < -0.4 is 10.6 Å². The second kappa shape index (κ2) is 7.16. The molecule has 5 nitrogen and oxygen atoms in total. The molecule has 2 N–H and O–H groups in total. The van der Waals surface area contributed by atoms with Gasteiger partial charge in [-0.2, -0.15) is 0 Å². The van der Waals surface area contributed by atoms with E-state index in [1.165, 1.54) is 0 Å². The van der Waals surface area contributed by atoms with Crippen molar-refractivity contribution in [1.29, 1.82) is 0 Å². The van der Waals surface area contributed by atoms with E-state index in [2.05, 4.69) is 20.6 Å². The minimum atomic E-state index is 0.0367. The zero-order valence-corrected chi connectivity index (χ0v) is 11.7. The Balaban J connectivity index is 2.37. The molecule has 0 aromatic carbocycles. The molecule has 1 aromatic heterocycles. The van der Waals surface area contributed by atoms with Gasteiger partial charge in [0, 0.05) is 30.8 Å². The van der Waals surface area contributed by atoms with Crippen LogP contribution in [0, 0.1) is 6.92 Å². The van der Waals surface area contributed by atoms with Gasteiger partial charge in [0.05, 0.1) is 0 Å². The lowest BCUT2D eigenvalue weighted by Crippen LogP contribution is -2.33. The summed E-state index contributed by atoms with van der Waals surface area (Å²) < 4.78 is 0. The standard InChI is InChI=1S/C12H19ClN4O/c1-4-9(3)16-10(18)5-6-14-11-8(2)7-15-12(13)17-11/h7,9H,4-6H2,1-3H3,(H,16,18)(H,14,15,17). The molecule has 1 unspecified atom stereocenters. The van der Waals surface area contributed by atoms with Crippen molar-refractivity contribution in [3.8, 4) is 0 Å². The topological polar surface area (TPSA) is 66.9 Å². The highest BCUT2D eigenvalue weighted by molar-refractivity contribution is 6.28. The Morgan fingerprint density at radius 2 is 2.28 bits per heavy atom. The lowest BCUT2D eigenvalue weighted by molar-refractivity contribution is -0.121. The Morgan fingerprint density at radius 1 is 1.56 bits per heavy atom. The lowest BCUT2D eigenvalue weighted by atomic mass is 10.2. The van der Waals surface area contributed by atoms with Crippen LogP contribution in [0.3, 0.4) is 0 Å². The number of anilines is 1. The van der Waals surface area contributed by atoms with Gasteiger partial charge in [-0.3, -0.25) is 4.79 Å². The van der Waals surface area contributed by atoms with E-state index in [1.807, 2.05) is 20.8 Å². The molecule has 18 heavy (non-hydrogen) atoms. The third-order valence-corrected chi connectivity index (χ3v) is 2.79. The van der Waals surface area contributed by atoms with Crippen LogP contribution in [0.4, 0.5) is 5.82 Å². The zero-order chi connectivity index (χ0) is 13.5. The Kier molecular flexibility index (Phi) is 5.85. The number of aryl methyl sites for hydroxylation is 1. The number of nitrogens with one attached hydrogen (secondary N) is 2. The molecule has 0 aliphatic rings. The molecule has 0 aliphatic carbocycles. The number of hydrogen-bond acceptors (Lipinski definition) is 4.